The first-order chi connectivity index (χ1) is 17.5. The van der Waals surface area contributed by atoms with Crippen molar-refractivity contribution >= 4 is 36.2 Å². The Hall–Kier alpha value is -4.15. The molecule has 2 N–H and O–H groups in total. The maximum absolute atomic E-state index is 13.6. The summed E-state index contributed by atoms with van der Waals surface area (Å²) in [6, 6.07) is 12.7. The molecule has 2 atom stereocenters. The number of anilines is 1. The first kappa shape index (κ1) is 29.1. The standard InChI is InChI=1S/C27H30N4O5S/c1-6-18-7-9-19(10-8-18)23(24(32)29-20-11-13-21(35-5)14-12-20)31(16-15-28)25(33)22(17-37)30-26(34)36-27(2,3)4/h1,7-14,22-23,37H,16-17H2,2-5H3,(H,29,32)(H,30,34). The van der Waals surface area contributed by atoms with Crippen LogP contribution in [0, 0.1) is 23.7 Å². The second-order valence-corrected chi connectivity index (χ2v) is 9.26. The molecular formula is C27H30N4O5S. The molecule has 0 aliphatic heterocycles. The number of nitrogens with zero attached hydrogens (tertiary/aromatic N) is 2. The smallest absolute Gasteiger partial charge is 0.408 e. The first-order valence-electron chi connectivity index (χ1n) is 11.3. The number of rotatable bonds is 9. The summed E-state index contributed by atoms with van der Waals surface area (Å²) >= 11 is 4.20. The van der Waals surface area contributed by atoms with Crippen LogP contribution in [0.5, 0.6) is 5.75 Å². The average Bonchev–Trinajstić information content (AvgIpc) is 2.86. The van der Waals surface area contributed by atoms with Crippen LogP contribution in [0.15, 0.2) is 48.5 Å². The number of hydrogen-bond acceptors (Lipinski definition) is 7. The maximum atomic E-state index is 13.6. The van der Waals surface area contributed by atoms with E-state index in [0.29, 0.717) is 22.6 Å². The summed E-state index contributed by atoms with van der Waals surface area (Å²) in [6.07, 6.45) is 4.63. The summed E-state index contributed by atoms with van der Waals surface area (Å²) in [5, 5.41) is 14.8. The van der Waals surface area contributed by atoms with Crippen molar-refractivity contribution in [3.05, 3.63) is 59.7 Å². The van der Waals surface area contributed by atoms with Crippen LogP contribution in [-0.2, 0) is 14.3 Å². The van der Waals surface area contributed by atoms with Crippen molar-refractivity contribution < 1.29 is 23.9 Å². The lowest BCUT2D eigenvalue weighted by Gasteiger charge is -2.32. The molecule has 2 aromatic rings. The Morgan fingerprint density at radius 2 is 1.73 bits per heavy atom. The van der Waals surface area contributed by atoms with Crippen molar-refractivity contribution in [2.75, 3.05) is 24.7 Å². The summed E-state index contributed by atoms with van der Waals surface area (Å²) in [5.41, 5.74) is 0.665. The van der Waals surface area contributed by atoms with Gasteiger partial charge in [-0.2, -0.15) is 17.9 Å². The van der Waals surface area contributed by atoms with Crippen molar-refractivity contribution in [2.24, 2.45) is 0 Å². The minimum atomic E-state index is -1.22. The number of nitriles is 1. The summed E-state index contributed by atoms with van der Waals surface area (Å²) in [5.74, 6) is 1.75. The molecule has 0 spiro atoms. The lowest BCUT2D eigenvalue weighted by atomic mass is 10.0. The fourth-order valence-electron chi connectivity index (χ4n) is 3.33. The highest BCUT2D eigenvalue weighted by atomic mass is 32.1. The maximum Gasteiger partial charge on any atom is 0.408 e. The van der Waals surface area contributed by atoms with Gasteiger partial charge in [0.25, 0.3) is 5.91 Å². The Balaban J connectivity index is 2.44. The molecule has 0 aromatic heterocycles. The molecule has 10 heteroatoms. The zero-order valence-electron chi connectivity index (χ0n) is 21.1. The number of thiol groups is 1. The van der Waals surface area contributed by atoms with E-state index in [1.807, 2.05) is 6.07 Å². The van der Waals surface area contributed by atoms with Crippen LogP contribution < -0.4 is 15.4 Å². The van der Waals surface area contributed by atoms with E-state index >= 15 is 0 Å². The Bertz CT molecular complexity index is 1180. The SMILES string of the molecule is C#Cc1ccc(C(C(=O)Nc2ccc(OC)cc2)N(CC#N)C(=O)C(CS)NC(=O)OC(C)(C)C)cc1. The highest BCUT2D eigenvalue weighted by Crippen LogP contribution is 2.25. The van der Waals surface area contributed by atoms with Crippen molar-refractivity contribution in [2.45, 2.75) is 38.5 Å². The molecule has 0 fully saturated rings. The third-order valence-electron chi connectivity index (χ3n) is 5.01. The van der Waals surface area contributed by atoms with E-state index in [0.717, 1.165) is 4.90 Å². The number of nitrogens with one attached hydrogen (secondary N) is 2. The Morgan fingerprint density at radius 3 is 2.22 bits per heavy atom. The number of carbonyl (C=O) groups is 3. The van der Waals surface area contributed by atoms with E-state index in [1.54, 1.807) is 69.3 Å². The number of amides is 3. The molecule has 194 valence electrons. The predicted molar refractivity (Wildman–Crippen MR) is 143 cm³/mol. The van der Waals surface area contributed by atoms with Crippen LogP contribution >= 0.6 is 12.6 Å². The highest BCUT2D eigenvalue weighted by Gasteiger charge is 2.36. The number of benzene rings is 2. The number of hydrogen-bond donors (Lipinski definition) is 3. The molecule has 0 aliphatic rings. The number of ether oxygens (including phenoxy) is 2. The van der Waals surface area contributed by atoms with E-state index in [9.17, 15) is 19.6 Å². The average molecular weight is 523 g/mol. The van der Waals surface area contributed by atoms with Crippen molar-refractivity contribution in [3.8, 4) is 24.2 Å². The van der Waals surface area contributed by atoms with Gasteiger partial charge in [-0.25, -0.2) is 4.79 Å². The van der Waals surface area contributed by atoms with Gasteiger partial charge in [-0.3, -0.25) is 9.59 Å². The Labute approximate surface area is 222 Å². The second-order valence-electron chi connectivity index (χ2n) is 8.89. The molecule has 2 aromatic carbocycles. The molecule has 2 unspecified atom stereocenters. The van der Waals surface area contributed by atoms with E-state index in [1.165, 1.54) is 7.11 Å². The molecule has 0 aliphatic carbocycles. The summed E-state index contributed by atoms with van der Waals surface area (Å²) in [7, 11) is 1.53. The van der Waals surface area contributed by atoms with E-state index < -0.39 is 42.1 Å². The third kappa shape index (κ3) is 8.48. The normalized spacial score (nSPS) is 12.2. The number of terminal acetylenes is 1. The summed E-state index contributed by atoms with van der Waals surface area (Å²) < 4.78 is 10.4. The quantitative estimate of drug-likeness (QED) is 0.263. The molecule has 3 amide bonds. The minimum Gasteiger partial charge on any atom is -0.497 e. The van der Waals surface area contributed by atoms with Gasteiger partial charge in [0.15, 0.2) is 0 Å². The minimum absolute atomic E-state index is 0.0944. The zero-order valence-corrected chi connectivity index (χ0v) is 22.0. The fraction of sp³-hybridized carbons (Fsp3) is 0.333. The molecule has 0 saturated carbocycles. The van der Waals surface area contributed by atoms with Gasteiger partial charge in [0.1, 0.15) is 30.0 Å². The number of carbonyl (C=O) groups excluding carboxylic acids is 3. The molecule has 2 rings (SSSR count). The van der Waals surface area contributed by atoms with Crippen LogP contribution in [0.2, 0.25) is 0 Å². The van der Waals surface area contributed by atoms with Gasteiger partial charge in [0.2, 0.25) is 5.91 Å². The number of methoxy groups -OCH3 is 1. The van der Waals surface area contributed by atoms with Gasteiger partial charge in [-0.1, -0.05) is 18.1 Å². The summed E-state index contributed by atoms with van der Waals surface area (Å²) in [4.78, 5) is 40.5. The van der Waals surface area contributed by atoms with E-state index in [4.69, 9.17) is 15.9 Å². The highest BCUT2D eigenvalue weighted by molar-refractivity contribution is 7.80. The lowest BCUT2D eigenvalue weighted by Crippen LogP contribution is -2.53. The summed E-state index contributed by atoms with van der Waals surface area (Å²) in [6.45, 7) is 4.62. The van der Waals surface area contributed by atoms with Gasteiger partial charge < -0.3 is 25.0 Å². The topological polar surface area (TPSA) is 121 Å². The zero-order chi connectivity index (χ0) is 27.6. The van der Waals surface area contributed by atoms with Gasteiger partial charge in [0.05, 0.1) is 13.2 Å². The molecular weight excluding hydrogens is 492 g/mol. The monoisotopic (exact) mass is 522 g/mol. The second kappa shape index (κ2) is 13.2. The molecule has 0 saturated heterocycles. The van der Waals surface area contributed by atoms with E-state index in [2.05, 4.69) is 29.2 Å². The Kier molecular flexibility index (Phi) is 10.4. The Morgan fingerprint density at radius 1 is 1.11 bits per heavy atom. The van der Waals surface area contributed by atoms with Crippen LogP contribution in [-0.4, -0.2) is 53.9 Å². The van der Waals surface area contributed by atoms with Gasteiger partial charge in [0, 0.05) is 17.0 Å². The first-order valence-corrected chi connectivity index (χ1v) is 12.0. The molecule has 0 radical (unpaired) electrons. The predicted octanol–water partition coefficient (Wildman–Crippen LogP) is 3.53. The molecule has 0 bridgehead atoms. The van der Waals surface area contributed by atoms with Crippen molar-refractivity contribution in [3.63, 3.8) is 0 Å². The largest absolute Gasteiger partial charge is 0.497 e. The van der Waals surface area contributed by atoms with Crippen LogP contribution in [0.25, 0.3) is 0 Å². The number of alkyl carbamates (subject to hydrolysis) is 1. The lowest BCUT2D eigenvalue weighted by molar-refractivity contribution is -0.139. The third-order valence-corrected chi connectivity index (χ3v) is 5.37. The fourth-order valence-corrected chi connectivity index (χ4v) is 3.58. The molecule has 9 nitrogen and oxygen atoms in total. The van der Waals surface area contributed by atoms with E-state index in [-0.39, 0.29) is 5.75 Å². The van der Waals surface area contributed by atoms with Crippen LogP contribution in [0.4, 0.5) is 10.5 Å². The van der Waals surface area contributed by atoms with Crippen molar-refractivity contribution in [1.82, 2.24) is 10.2 Å². The molecule has 0 heterocycles. The van der Waals surface area contributed by atoms with Crippen LogP contribution in [0.1, 0.15) is 37.9 Å². The van der Waals surface area contributed by atoms with Gasteiger partial charge in [-0.15, -0.1) is 6.42 Å². The van der Waals surface area contributed by atoms with Gasteiger partial charge >= 0.3 is 6.09 Å². The van der Waals surface area contributed by atoms with Crippen LogP contribution in [0.3, 0.4) is 0 Å². The van der Waals surface area contributed by atoms with Gasteiger partial charge in [-0.05, 0) is 62.7 Å². The molecule has 37 heavy (non-hydrogen) atoms. The van der Waals surface area contributed by atoms with Crippen molar-refractivity contribution in [1.29, 1.82) is 5.26 Å².